The van der Waals surface area contributed by atoms with Gasteiger partial charge in [0.05, 0.1) is 13.2 Å². The van der Waals surface area contributed by atoms with E-state index < -0.39 is 5.97 Å². The zero-order valence-corrected chi connectivity index (χ0v) is 5.72. The molecule has 0 amide bonds. The first-order valence-electron chi connectivity index (χ1n) is 3.11. The average Bonchev–Trinajstić information content (AvgIpc) is 2.38. The van der Waals surface area contributed by atoms with Crippen LogP contribution < -0.4 is 5.48 Å². The summed E-state index contributed by atoms with van der Waals surface area (Å²) in [5, 5.41) is 0. The summed E-state index contributed by atoms with van der Waals surface area (Å²) in [6, 6.07) is 0. The van der Waals surface area contributed by atoms with Gasteiger partial charge >= 0.3 is 5.97 Å². The first kappa shape index (κ1) is 7.08. The highest BCUT2D eigenvalue weighted by Crippen LogP contribution is 2.02. The van der Waals surface area contributed by atoms with Crippen LogP contribution in [-0.4, -0.2) is 19.1 Å². The molecule has 1 heterocycles. The number of carbonyl (C=O) groups excluding carboxylic acids is 1. The molecule has 0 spiro atoms. The highest BCUT2D eigenvalue weighted by atomic mass is 16.7. The molecule has 0 radical (unpaired) electrons. The molecule has 0 unspecified atom stereocenters. The molecular formula is C6H9NO3. The van der Waals surface area contributed by atoms with Gasteiger partial charge in [0.25, 0.3) is 0 Å². The number of esters is 1. The maximum atomic E-state index is 10.8. The van der Waals surface area contributed by atoms with Crippen LogP contribution in [0, 0.1) is 0 Å². The van der Waals surface area contributed by atoms with E-state index in [2.05, 4.69) is 10.2 Å². The summed E-state index contributed by atoms with van der Waals surface area (Å²) < 4.78 is 4.65. The fourth-order valence-electron chi connectivity index (χ4n) is 0.623. The summed E-state index contributed by atoms with van der Waals surface area (Å²) >= 11 is 0. The first-order valence-corrected chi connectivity index (χ1v) is 3.11. The minimum absolute atomic E-state index is 0.252. The van der Waals surface area contributed by atoms with Crippen molar-refractivity contribution in [2.24, 2.45) is 0 Å². The van der Waals surface area contributed by atoms with Gasteiger partial charge in [-0.05, 0) is 13.0 Å². The summed E-state index contributed by atoms with van der Waals surface area (Å²) in [5.41, 5.74) is 2.52. The van der Waals surface area contributed by atoms with Crippen molar-refractivity contribution in [1.29, 1.82) is 0 Å². The Balaban J connectivity index is 2.40. The molecule has 0 fully saturated rings. The normalized spacial score (nSPS) is 15.9. The van der Waals surface area contributed by atoms with E-state index in [1.807, 2.05) is 0 Å². The van der Waals surface area contributed by atoms with E-state index in [1.54, 1.807) is 13.0 Å². The van der Waals surface area contributed by atoms with Crippen LogP contribution in [0.2, 0.25) is 0 Å². The zero-order valence-electron chi connectivity index (χ0n) is 5.72. The van der Waals surface area contributed by atoms with Gasteiger partial charge in [-0.1, -0.05) is 0 Å². The van der Waals surface area contributed by atoms with E-state index in [0.717, 1.165) is 0 Å². The molecule has 4 nitrogen and oxygen atoms in total. The molecule has 0 saturated carbocycles. The Bertz CT molecular complexity index is 164. The van der Waals surface area contributed by atoms with Crippen molar-refractivity contribution in [2.75, 3.05) is 13.2 Å². The Kier molecular flexibility index (Phi) is 2.28. The Morgan fingerprint density at radius 3 is 3.30 bits per heavy atom. The number of hydroxylamine groups is 1. The van der Waals surface area contributed by atoms with Gasteiger partial charge in [-0.25, -0.2) is 4.79 Å². The smallest absolute Gasteiger partial charge is 0.375 e. The Morgan fingerprint density at radius 1 is 2.00 bits per heavy atom. The second-order valence-corrected chi connectivity index (χ2v) is 1.74. The second kappa shape index (κ2) is 3.22. The molecule has 56 valence electrons. The minimum atomic E-state index is -0.410. The van der Waals surface area contributed by atoms with E-state index in [9.17, 15) is 4.79 Å². The van der Waals surface area contributed by atoms with Crippen LogP contribution in [0.4, 0.5) is 0 Å². The maximum absolute atomic E-state index is 10.8. The predicted octanol–water partition coefficient (Wildman–Crippen LogP) is -0.0318. The third-order valence-electron chi connectivity index (χ3n) is 1.03. The lowest BCUT2D eigenvalue weighted by Gasteiger charge is -2.00. The second-order valence-electron chi connectivity index (χ2n) is 1.74. The third-order valence-corrected chi connectivity index (χ3v) is 1.03. The summed E-state index contributed by atoms with van der Waals surface area (Å²) in [4.78, 5) is 15.5. The Labute approximate surface area is 58.8 Å². The molecule has 0 aliphatic carbocycles. The molecule has 0 aromatic rings. The van der Waals surface area contributed by atoms with E-state index in [-0.39, 0.29) is 5.76 Å². The first-order chi connectivity index (χ1) is 4.84. The molecule has 0 aromatic carbocycles. The number of nitrogens with one attached hydrogen (secondary N) is 1. The van der Waals surface area contributed by atoms with Crippen molar-refractivity contribution in [3.8, 4) is 0 Å². The molecule has 0 saturated heterocycles. The number of hydrogen-bond donors (Lipinski definition) is 1. The highest BCUT2D eigenvalue weighted by molar-refractivity contribution is 5.86. The molecule has 1 aliphatic heterocycles. The van der Waals surface area contributed by atoms with Gasteiger partial charge in [0.15, 0.2) is 0 Å². The van der Waals surface area contributed by atoms with Crippen molar-refractivity contribution in [1.82, 2.24) is 5.48 Å². The van der Waals surface area contributed by atoms with Crippen LogP contribution in [0.5, 0.6) is 0 Å². The lowest BCUT2D eigenvalue weighted by molar-refractivity contribution is -0.143. The fourth-order valence-corrected chi connectivity index (χ4v) is 0.623. The molecule has 1 N–H and O–H groups in total. The highest BCUT2D eigenvalue weighted by Gasteiger charge is 2.15. The fraction of sp³-hybridized carbons (Fsp3) is 0.500. The number of ether oxygens (including phenoxy) is 1. The monoisotopic (exact) mass is 143 g/mol. The minimum Gasteiger partial charge on any atom is -0.460 e. The van der Waals surface area contributed by atoms with Crippen molar-refractivity contribution in [3.63, 3.8) is 0 Å². The third kappa shape index (κ3) is 1.48. The average molecular weight is 143 g/mol. The van der Waals surface area contributed by atoms with Crippen molar-refractivity contribution < 1.29 is 14.4 Å². The van der Waals surface area contributed by atoms with Gasteiger partial charge in [0.2, 0.25) is 5.76 Å². The van der Waals surface area contributed by atoms with Crippen molar-refractivity contribution in [2.45, 2.75) is 6.92 Å². The number of hydrogen-bond acceptors (Lipinski definition) is 4. The van der Waals surface area contributed by atoms with Gasteiger partial charge in [-0.3, -0.25) is 0 Å². The largest absolute Gasteiger partial charge is 0.460 e. The van der Waals surface area contributed by atoms with E-state index in [0.29, 0.717) is 13.2 Å². The van der Waals surface area contributed by atoms with Crippen LogP contribution >= 0.6 is 0 Å². The predicted molar refractivity (Wildman–Crippen MR) is 33.8 cm³/mol. The maximum Gasteiger partial charge on any atom is 0.375 e. The molecule has 10 heavy (non-hydrogen) atoms. The lowest BCUT2D eigenvalue weighted by Crippen LogP contribution is -2.11. The van der Waals surface area contributed by atoms with Gasteiger partial charge < -0.3 is 9.57 Å². The lowest BCUT2D eigenvalue weighted by atomic mass is 10.4. The summed E-state index contributed by atoms with van der Waals surface area (Å²) in [6.07, 6.45) is 1.64. The van der Waals surface area contributed by atoms with Crippen LogP contribution in [0.25, 0.3) is 0 Å². The van der Waals surface area contributed by atoms with E-state index in [1.165, 1.54) is 0 Å². The molecule has 0 bridgehead atoms. The summed E-state index contributed by atoms with van der Waals surface area (Å²) in [7, 11) is 0. The summed E-state index contributed by atoms with van der Waals surface area (Å²) in [5.74, 6) is -0.158. The van der Waals surface area contributed by atoms with Gasteiger partial charge in [0.1, 0.15) is 0 Å². The molecule has 1 rings (SSSR count). The van der Waals surface area contributed by atoms with Crippen LogP contribution in [-0.2, 0) is 14.4 Å². The molecule has 1 aliphatic rings. The van der Waals surface area contributed by atoms with E-state index in [4.69, 9.17) is 4.84 Å². The topological polar surface area (TPSA) is 47.6 Å². The van der Waals surface area contributed by atoms with Gasteiger partial charge in [-0.15, -0.1) is 0 Å². The van der Waals surface area contributed by atoms with Crippen molar-refractivity contribution in [3.05, 3.63) is 11.8 Å². The standard InChI is InChI=1S/C6H9NO3/c1-2-9-6(8)5-3-4-7-10-5/h3,7H,2,4H2,1H3. The Hall–Kier alpha value is -1.03. The van der Waals surface area contributed by atoms with Gasteiger partial charge in [-0.2, -0.15) is 5.48 Å². The van der Waals surface area contributed by atoms with Crippen LogP contribution in [0.1, 0.15) is 6.92 Å². The quantitative estimate of drug-likeness (QED) is 0.551. The van der Waals surface area contributed by atoms with Crippen LogP contribution in [0.15, 0.2) is 11.8 Å². The summed E-state index contributed by atoms with van der Waals surface area (Å²) in [6.45, 7) is 2.69. The SMILES string of the molecule is CCOC(=O)C1=CCNO1. The molecule has 4 heteroatoms. The molecule has 0 aromatic heterocycles. The zero-order chi connectivity index (χ0) is 7.40. The number of carbonyl (C=O) groups is 1. The van der Waals surface area contributed by atoms with Gasteiger partial charge in [0, 0.05) is 0 Å². The Morgan fingerprint density at radius 2 is 2.80 bits per heavy atom. The van der Waals surface area contributed by atoms with Crippen molar-refractivity contribution >= 4 is 5.97 Å². The molecular weight excluding hydrogens is 134 g/mol. The van der Waals surface area contributed by atoms with E-state index >= 15 is 0 Å². The number of rotatable bonds is 2. The van der Waals surface area contributed by atoms with Crippen LogP contribution in [0.3, 0.4) is 0 Å². The molecule has 0 atom stereocenters.